The third-order valence-corrected chi connectivity index (χ3v) is 4.03. The van der Waals surface area contributed by atoms with Crippen molar-refractivity contribution in [3.63, 3.8) is 0 Å². The van der Waals surface area contributed by atoms with E-state index in [9.17, 15) is 0 Å². The molecule has 3 rings (SSSR count). The number of halogens is 1. The lowest BCUT2D eigenvalue weighted by Crippen LogP contribution is -2.35. The molecule has 3 aromatic heterocycles. The fraction of sp³-hybridized carbons (Fsp3) is 0.250. The molecule has 3 aromatic rings. The first kappa shape index (κ1) is 17.4. The van der Waals surface area contributed by atoms with Crippen LogP contribution >= 0.6 is 23.8 Å². The van der Waals surface area contributed by atoms with Crippen LogP contribution in [0.4, 0.5) is 5.82 Å². The first-order valence-corrected chi connectivity index (χ1v) is 8.66. The molecule has 0 aliphatic carbocycles. The van der Waals surface area contributed by atoms with E-state index in [1.807, 2.05) is 18.3 Å². The van der Waals surface area contributed by atoms with Gasteiger partial charge < -0.3 is 20.9 Å². The number of thiocarbonyl (C=S) groups is 1. The van der Waals surface area contributed by atoms with Crippen molar-refractivity contribution in [2.75, 3.05) is 18.4 Å². The van der Waals surface area contributed by atoms with Gasteiger partial charge in [0.15, 0.2) is 5.11 Å². The van der Waals surface area contributed by atoms with Crippen LogP contribution in [0.2, 0.25) is 5.28 Å². The highest BCUT2D eigenvalue weighted by molar-refractivity contribution is 7.80. The summed E-state index contributed by atoms with van der Waals surface area (Å²) in [5, 5.41) is 11.6. The van der Waals surface area contributed by atoms with Gasteiger partial charge in [-0.15, -0.1) is 0 Å². The van der Waals surface area contributed by atoms with E-state index in [2.05, 4.69) is 35.9 Å². The summed E-state index contributed by atoms with van der Waals surface area (Å²) in [5.41, 5.74) is 2.03. The van der Waals surface area contributed by atoms with Gasteiger partial charge in [0.05, 0.1) is 0 Å². The number of pyridine rings is 1. The summed E-state index contributed by atoms with van der Waals surface area (Å²) in [5.74, 6) is 0.717. The summed E-state index contributed by atoms with van der Waals surface area (Å²) in [6, 6.07) is 5.78. The zero-order valence-corrected chi connectivity index (χ0v) is 15.0. The third-order valence-electron chi connectivity index (χ3n) is 3.56. The van der Waals surface area contributed by atoms with Gasteiger partial charge >= 0.3 is 0 Å². The summed E-state index contributed by atoms with van der Waals surface area (Å²) in [6.07, 6.45) is 6.18. The summed E-state index contributed by atoms with van der Waals surface area (Å²) in [6.45, 7) is 2.17. The topological polar surface area (TPSA) is 90.6 Å². The predicted molar refractivity (Wildman–Crippen MR) is 104 cm³/mol. The minimum absolute atomic E-state index is 0.237. The van der Waals surface area contributed by atoms with Crippen molar-refractivity contribution < 1.29 is 0 Å². The molecule has 4 N–H and O–H groups in total. The summed E-state index contributed by atoms with van der Waals surface area (Å²) < 4.78 is 0. The number of aromatic amines is 1. The fourth-order valence-corrected chi connectivity index (χ4v) is 2.67. The van der Waals surface area contributed by atoms with Crippen LogP contribution in [0, 0.1) is 0 Å². The van der Waals surface area contributed by atoms with Crippen molar-refractivity contribution >= 4 is 45.8 Å². The van der Waals surface area contributed by atoms with Gasteiger partial charge in [-0.05, 0) is 54.0 Å². The second-order valence-electron chi connectivity index (χ2n) is 5.31. The Kier molecular flexibility index (Phi) is 5.97. The van der Waals surface area contributed by atoms with Gasteiger partial charge in [-0.3, -0.25) is 0 Å². The molecule has 0 aromatic carbocycles. The van der Waals surface area contributed by atoms with E-state index in [4.69, 9.17) is 23.8 Å². The van der Waals surface area contributed by atoms with Gasteiger partial charge in [0.2, 0.25) is 5.28 Å². The average Bonchev–Trinajstić information content (AvgIpc) is 3.09. The Hall–Kier alpha value is -2.45. The molecule has 130 valence electrons. The molecular formula is C16H18ClN7S. The Bertz CT molecular complexity index is 851. The summed E-state index contributed by atoms with van der Waals surface area (Å²) in [7, 11) is 0. The minimum atomic E-state index is 0.237. The second kappa shape index (κ2) is 8.59. The highest BCUT2D eigenvalue weighted by Crippen LogP contribution is 2.14. The number of nitrogens with one attached hydrogen (secondary N) is 4. The third kappa shape index (κ3) is 5.01. The van der Waals surface area contributed by atoms with Gasteiger partial charge in [-0.2, -0.15) is 0 Å². The summed E-state index contributed by atoms with van der Waals surface area (Å²) >= 11 is 11.0. The number of aromatic nitrogens is 4. The molecular weight excluding hydrogens is 358 g/mol. The second-order valence-corrected chi connectivity index (χ2v) is 6.06. The van der Waals surface area contributed by atoms with E-state index in [1.54, 1.807) is 18.5 Å². The van der Waals surface area contributed by atoms with E-state index in [-0.39, 0.29) is 5.28 Å². The molecule has 9 heteroatoms. The van der Waals surface area contributed by atoms with Crippen LogP contribution in [0.25, 0.3) is 11.0 Å². The molecule has 0 saturated heterocycles. The molecule has 0 amide bonds. The molecule has 0 fully saturated rings. The highest BCUT2D eigenvalue weighted by Gasteiger charge is 2.03. The smallest absolute Gasteiger partial charge is 0.224 e. The number of rotatable bonds is 7. The molecule has 0 unspecified atom stereocenters. The van der Waals surface area contributed by atoms with Crippen LogP contribution in [0.5, 0.6) is 0 Å². The number of hydrogen-bond acceptors (Lipinski definition) is 5. The predicted octanol–water partition coefficient (Wildman–Crippen LogP) is 2.47. The van der Waals surface area contributed by atoms with Crippen LogP contribution in [0.3, 0.4) is 0 Å². The van der Waals surface area contributed by atoms with E-state index in [1.165, 1.54) is 0 Å². The van der Waals surface area contributed by atoms with Crippen molar-refractivity contribution in [3.8, 4) is 0 Å². The highest BCUT2D eigenvalue weighted by atomic mass is 35.5. The number of nitrogens with zero attached hydrogens (tertiary/aromatic N) is 3. The van der Waals surface area contributed by atoms with E-state index in [0.29, 0.717) is 17.5 Å². The van der Waals surface area contributed by atoms with Crippen molar-refractivity contribution in [2.45, 2.75) is 13.0 Å². The molecule has 0 atom stereocenters. The van der Waals surface area contributed by atoms with Crippen LogP contribution in [0.1, 0.15) is 12.0 Å². The first-order valence-electron chi connectivity index (χ1n) is 7.87. The Labute approximate surface area is 155 Å². The van der Waals surface area contributed by atoms with Gasteiger partial charge in [0, 0.05) is 43.6 Å². The van der Waals surface area contributed by atoms with Crippen molar-refractivity contribution in [2.24, 2.45) is 0 Å². The maximum atomic E-state index is 5.74. The van der Waals surface area contributed by atoms with E-state index >= 15 is 0 Å². The molecule has 7 nitrogen and oxygen atoms in total. The molecule has 0 saturated carbocycles. The largest absolute Gasteiger partial charge is 0.370 e. The molecule has 0 aliphatic heterocycles. The Morgan fingerprint density at radius 1 is 1.12 bits per heavy atom. The van der Waals surface area contributed by atoms with E-state index in [0.717, 1.165) is 36.1 Å². The van der Waals surface area contributed by atoms with Crippen LogP contribution in [-0.2, 0) is 6.54 Å². The first-order chi connectivity index (χ1) is 12.2. The number of H-pyrrole nitrogens is 1. The Morgan fingerprint density at radius 3 is 2.88 bits per heavy atom. The summed E-state index contributed by atoms with van der Waals surface area (Å²) in [4.78, 5) is 15.3. The number of fused-ring (bicyclic) bond motifs is 1. The lowest BCUT2D eigenvalue weighted by molar-refractivity contribution is 0.776. The standard InChI is InChI=1S/C16H18ClN7S/c17-15-21-9-4-13(24-15)18-5-1-6-22-16(25)23-10-11-2-7-19-14-12(11)3-8-20-14/h2-4,7-9H,1,5-6,10H2,(H,19,20)(H,18,21,24)(H2,22,23,25). The van der Waals surface area contributed by atoms with Crippen LogP contribution in [0.15, 0.2) is 36.8 Å². The normalized spacial score (nSPS) is 10.6. The van der Waals surface area contributed by atoms with Gasteiger partial charge in [0.25, 0.3) is 0 Å². The Balaban J connectivity index is 1.35. The zero-order chi connectivity index (χ0) is 17.5. The number of hydrogen-bond donors (Lipinski definition) is 4. The van der Waals surface area contributed by atoms with Crippen molar-refractivity contribution in [1.82, 2.24) is 30.6 Å². The van der Waals surface area contributed by atoms with Crippen molar-refractivity contribution in [1.29, 1.82) is 0 Å². The molecule has 0 spiro atoms. The van der Waals surface area contributed by atoms with Gasteiger partial charge in [-0.1, -0.05) is 0 Å². The SMILES string of the molecule is S=C(NCCCNc1ccnc(Cl)n1)NCc1ccnc2[nH]ccc12. The fourth-order valence-electron chi connectivity index (χ4n) is 2.35. The van der Waals surface area contributed by atoms with Gasteiger partial charge in [0.1, 0.15) is 11.5 Å². The maximum Gasteiger partial charge on any atom is 0.224 e. The Morgan fingerprint density at radius 2 is 2.00 bits per heavy atom. The molecule has 3 heterocycles. The quantitative estimate of drug-likeness (QED) is 0.286. The average molecular weight is 376 g/mol. The lowest BCUT2D eigenvalue weighted by Gasteiger charge is -2.11. The molecule has 0 aliphatic rings. The van der Waals surface area contributed by atoms with Crippen molar-refractivity contribution in [3.05, 3.63) is 47.6 Å². The monoisotopic (exact) mass is 375 g/mol. The van der Waals surface area contributed by atoms with Gasteiger partial charge in [-0.25, -0.2) is 15.0 Å². The zero-order valence-electron chi connectivity index (χ0n) is 13.4. The van der Waals surface area contributed by atoms with E-state index < -0.39 is 0 Å². The number of anilines is 1. The lowest BCUT2D eigenvalue weighted by atomic mass is 10.2. The minimum Gasteiger partial charge on any atom is -0.370 e. The molecule has 0 bridgehead atoms. The maximum absolute atomic E-state index is 5.74. The molecule has 25 heavy (non-hydrogen) atoms. The van der Waals surface area contributed by atoms with Crippen LogP contribution in [-0.4, -0.2) is 38.1 Å². The van der Waals surface area contributed by atoms with Crippen LogP contribution < -0.4 is 16.0 Å². The molecule has 0 radical (unpaired) electrons.